The van der Waals surface area contributed by atoms with Gasteiger partial charge < -0.3 is 0 Å². The highest BCUT2D eigenvalue weighted by Gasteiger charge is 2.19. The van der Waals surface area contributed by atoms with E-state index in [0.717, 1.165) is 0 Å². The zero-order valence-corrected chi connectivity index (χ0v) is 11.8. The van der Waals surface area contributed by atoms with Crippen LogP contribution < -0.4 is 11.3 Å². The van der Waals surface area contributed by atoms with Gasteiger partial charge in [-0.3, -0.25) is 11.3 Å². The highest BCUT2D eigenvalue weighted by molar-refractivity contribution is 5.38. The number of hydrazine groups is 1. The molecule has 0 aliphatic carbocycles. The van der Waals surface area contributed by atoms with Crippen molar-refractivity contribution in [1.82, 2.24) is 5.43 Å². The molecule has 0 bridgehead atoms. The van der Waals surface area contributed by atoms with E-state index in [2.05, 4.69) is 52.2 Å². The van der Waals surface area contributed by atoms with Gasteiger partial charge in [0.25, 0.3) is 0 Å². The number of hydrogen-bond acceptors (Lipinski definition) is 2. The smallest absolute Gasteiger partial charge is 0.0488 e. The minimum absolute atomic E-state index is 0.259. The average molecular weight is 234 g/mol. The zero-order valence-electron chi connectivity index (χ0n) is 11.8. The van der Waals surface area contributed by atoms with Crippen molar-refractivity contribution in [3.05, 3.63) is 34.4 Å². The maximum absolute atomic E-state index is 5.74. The van der Waals surface area contributed by atoms with Gasteiger partial charge in [-0.2, -0.15) is 0 Å². The second-order valence-corrected chi connectivity index (χ2v) is 5.20. The van der Waals surface area contributed by atoms with Gasteiger partial charge >= 0.3 is 0 Å². The Hall–Kier alpha value is -0.860. The van der Waals surface area contributed by atoms with Crippen LogP contribution in [-0.4, -0.2) is 0 Å². The van der Waals surface area contributed by atoms with E-state index in [4.69, 9.17) is 5.84 Å². The Morgan fingerprint density at radius 2 is 1.71 bits per heavy atom. The summed E-state index contributed by atoms with van der Waals surface area (Å²) in [7, 11) is 0. The van der Waals surface area contributed by atoms with Crippen LogP contribution in [-0.2, 0) is 0 Å². The molecule has 0 radical (unpaired) electrons. The lowest BCUT2D eigenvalue weighted by Crippen LogP contribution is -2.33. The maximum Gasteiger partial charge on any atom is 0.0488 e. The van der Waals surface area contributed by atoms with Gasteiger partial charge in [0.15, 0.2) is 0 Å². The van der Waals surface area contributed by atoms with Crippen LogP contribution >= 0.6 is 0 Å². The Morgan fingerprint density at radius 3 is 2.24 bits per heavy atom. The van der Waals surface area contributed by atoms with E-state index in [0.29, 0.717) is 5.92 Å². The minimum atomic E-state index is 0.259. The number of nitrogens with one attached hydrogen (secondary N) is 1. The Morgan fingerprint density at radius 1 is 1.12 bits per heavy atom. The predicted octanol–water partition coefficient (Wildman–Crippen LogP) is 3.55. The average Bonchev–Trinajstić information content (AvgIpc) is 2.26. The molecule has 0 saturated heterocycles. The van der Waals surface area contributed by atoms with Gasteiger partial charge in [-0.15, -0.1) is 0 Å². The third-order valence-electron chi connectivity index (χ3n) is 3.71. The molecule has 0 saturated carbocycles. The Kier molecular flexibility index (Phi) is 5.16. The molecule has 2 unspecified atom stereocenters. The van der Waals surface area contributed by atoms with Gasteiger partial charge in [-0.1, -0.05) is 32.4 Å². The van der Waals surface area contributed by atoms with Crippen LogP contribution in [0.2, 0.25) is 0 Å². The van der Waals surface area contributed by atoms with Crippen LogP contribution in [0.3, 0.4) is 0 Å². The predicted molar refractivity (Wildman–Crippen MR) is 74.8 cm³/mol. The third-order valence-corrected chi connectivity index (χ3v) is 3.71. The molecule has 0 spiro atoms. The Labute approximate surface area is 106 Å². The lowest BCUT2D eigenvalue weighted by Gasteiger charge is -2.25. The molecule has 2 heteroatoms. The molecular formula is C15H26N2. The monoisotopic (exact) mass is 234 g/mol. The fourth-order valence-corrected chi connectivity index (χ4v) is 2.50. The Balaban J connectivity index is 3.07. The summed E-state index contributed by atoms with van der Waals surface area (Å²) in [6, 6.07) is 4.80. The molecule has 2 atom stereocenters. The molecule has 0 aliphatic rings. The molecule has 1 aromatic carbocycles. The van der Waals surface area contributed by atoms with Gasteiger partial charge in [0, 0.05) is 6.04 Å². The first-order valence-electron chi connectivity index (χ1n) is 6.55. The summed E-state index contributed by atoms with van der Waals surface area (Å²) in [5.74, 6) is 6.30. The van der Waals surface area contributed by atoms with E-state index in [1.54, 1.807) is 0 Å². The molecule has 0 aromatic heterocycles. The standard InChI is InChI=1S/C15H26N2/c1-6-7-10(2)15(17-16)14-9-12(4)11(3)8-13(14)5/h8-10,15,17H,6-7,16H2,1-5H3. The second-order valence-electron chi connectivity index (χ2n) is 5.20. The van der Waals surface area contributed by atoms with Crippen LogP contribution in [0.1, 0.15) is 55.0 Å². The van der Waals surface area contributed by atoms with Crippen molar-refractivity contribution in [1.29, 1.82) is 0 Å². The topological polar surface area (TPSA) is 38.0 Å². The highest BCUT2D eigenvalue weighted by atomic mass is 15.2. The summed E-state index contributed by atoms with van der Waals surface area (Å²) in [5.41, 5.74) is 8.36. The van der Waals surface area contributed by atoms with Crippen LogP contribution in [0.15, 0.2) is 12.1 Å². The van der Waals surface area contributed by atoms with Crippen LogP contribution in [0, 0.1) is 26.7 Å². The number of benzene rings is 1. The summed E-state index contributed by atoms with van der Waals surface area (Å²) in [5, 5.41) is 0. The first-order valence-corrected chi connectivity index (χ1v) is 6.55. The van der Waals surface area contributed by atoms with E-state index < -0.39 is 0 Å². The van der Waals surface area contributed by atoms with Gasteiger partial charge in [-0.05, 0) is 55.4 Å². The normalized spacial score (nSPS) is 14.7. The summed E-state index contributed by atoms with van der Waals surface area (Å²) < 4.78 is 0. The summed E-state index contributed by atoms with van der Waals surface area (Å²) in [6.07, 6.45) is 2.39. The Bertz CT molecular complexity index is 371. The molecule has 0 aliphatic heterocycles. The molecule has 1 rings (SSSR count). The molecule has 0 amide bonds. The second kappa shape index (κ2) is 6.18. The highest BCUT2D eigenvalue weighted by Crippen LogP contribution is 2.29. The fourth-order valence-electron chi connectivity index (χ4n) is 2.50. The van der Waals surface area contributed by atoms with Crippen molar-refractivity contribution in [3.63, 3.8) is 0 Å². The third kappa shape index (κ3) is 3.30. The van der Waals surface area contributed by atoms with Crippen molar-refractivity contribution in [2.24, 2.45) is 11.8 Å². The van der Waals surface area contributed by atoms with Crippen molar-refractivity contribution >= 4 is 0 Å². The quantitative estimate of drug-likeness (QED) is 0.604. The molecule has 2 nitrogen and oxygen atoms in total. The maximum atomic E-state index is 5.74. The van der Waals surface area contributed by atoms with E-state index in [1.165, 1.54) is 35.1 Å². The largest absolute Gasteiger partial charge is 0.271 e. The van der Waals surface area contributed by atoms with Crippen LogP contribution in [0.25, 0.3) is 0 Å². The number of aryl methyl sites for hydroxylation is 3. The van der Waals surface area contributed by atoms with Gasteiger partial charge in [-0.25, -0.2) is 0 Å². The summed E-state index contributed by atoms with van der Waals surface area (Å²) in [4.78, 5) is 0. The van der Waals surface area contributed by atoms with E-state index in [9.17, 15) is 0 Å². The van der Waals surface area contributed by atoms with Crippen molar-refractivity contribution < 1.29 is 0 Å². The van der Waals surface area contributed by atoms with Crippen molar-refractivity contribution in [2.45, 2.75) is 53.5 Å². The first kappa shape index (κ1) is 14.2. The van der Waals surface area contributed by atoms with Gasteiger partial charge in [0.2, 0.25) is 0 Å². The number of nitrogens with two attached hydrogens (primary N) is 1. The van der Waals surface area contributed by atoms with Crippen molar-refractivity contribution in [3.8, 4) is 0 Å². The summed E-state index contributed by atoms with van der Waals surface area (Å²) >= 11 is 0. The lowest BCUT2D eigenvalue weighted by atomic mass is 9.87. The van der Waals surface area contributed by atoms with Crippen molar-refractivity contribution in [2.75, 3.05) is 0 Å². The van der Waals surface area contributed by atoms with E-state index >= 15 is 0 Å². The molecule has 0 fully saturated rings. The molecule has 17 heavy (non-hydrogen) atoms. The molecular weight excluding hydrogens is 208 g/mol. The number of rotatable bonds is 5. The van der Waals surface area contributed by atoms with E-state index in [1.807, 2.05) is 0 Å². The number of hydrogen-bond donors (Lipinski definition) is 2. The lowest BCUT2D eigenvalue weighted by molar-refractivity contribution is 0.367. The van der Waals surface area contributed by atoms with Crippen LogP contribution in [0.4, 0.5) is 0 Å². The molecule has 0 heterocycles. The van der Waals surface area contributed by atoms with Gasteiger partial charge in [0.05, 0.1) is 0 Å². The SMILES string of the molecule is CCCC(C)C(NN)c1cc(C)c(C)cc1C. The molecule has 1 aromatic rings. The minimum Gasteiger partial charge on any atom is -0.271 e. The fraction of sp³-hybridized carbons (Fsp3) is 0.600. The van der Waals surface area contributed by atoms with Crippen LogP contribution in [0.5, 0.6) is 0 Å². The summed E-state index contributed by atoms with van der Waals surface area (Å²) in [6.45, 7) is 11.0. The van der Waals surface area contributed by atoms with Gasteiger partial charge in [0.1, 0.15) is 0 Å². The first-order chi connectivity index (χ1) is 8.01. The van der Waals surface area contributed by atoms with E-state index in [-0.39, 0.29) is 6.04 Å². The molecule has 3 N–H and O–H groups in total. The molecule has 96 valence electrons. The zero-order chi connectivity index (χ0) is 13.0.